The fourth-order valence-corrected chi connectivity index (χ4v) is 1.71. The van der Waals surface area contributed by atoms with Gasteiger partial charge < -0.3 is 19.7 Å². The van der Waals surface area contributed by atoms with Crippen molar-refractivity contribution in [3.8, 4) is 17.2 Å². The highest BCUT2D eigenvalue weighted by atomic mass is 19.1. The molecule has 0 aromatic heterocycles. The number of fused-ring (bicyclic) bond motifs is 1. The molecule has 1 aromatic rings. The molecular formula is C11H13FO4. The van der Waals surface area contributed by atoms with Gasteiger partial charge in [-0.1, -0.05) is 6.92 Å². The van der Waals surface area contributed by atoms with Gasteiger partial charge in [-0.2, -0.15) is 0 Å². The van der Waals surface area contributed by atoms with Gasteiger partial charge in [0.05, 0.1) is 0 Å². The molecule has 1 heterocycles. The lowest BCUT2D eigenvalue weighted by Gasteiger charge is -2.23. The Kier molecular flexibility index (Phi) is 2.87. The van der Waals surface area contributed by atoms with E-state index in [4.69, 9.17) is 14.6 Å². The van der Waals surface area contributed by atoms with Crippen molar-refractivity contribution < 1.29 is 24.1 Å². The normalized spacial score (nSPS) is 15.9. The van der Waals surface area contributed by atoms with Crippen molar-refractivity contribution >= 4 is 0 Å². The molecule has 5 heteroatoms. The highest BCUT2D eigenvalue weighted by molar-refractivity contribution is 5.54. The fourth-order valence-electron chi connectivity index (χ4n) is 1.71. The van der Waals surface area contributed by atoms with E-state index >= 15 is 0 Å². The van der Waals surface area contributed by atoms with Crippen LogP contribution in [0.15, 0.2) is 6.07 Å². The second-order valence-electron chi connectivity index (χ2n) is 3.73. The molecule has 1 aliphatic heterocycles. The Morgan fingerprint density at radius 1 is 1.44 bits per heavy atom. The lowest BCUT2D eigenvalue weighted by molar-refractivity contribution is 0.164. The van der Waals surface area contributed by atoms with Crippen molar-refractivity contribution in [2.24, 2.45) is 0 Å². The third-order valence-corrected chi connectivity index (χ3v) is 2.55. The minimum atomic E-state index is -0.759. The summed E-state index contributed by atoms with van der Waals surface area (Å²) in [6, 6.07) is 1.19. The molecule has 2 N–H and O–H groups in total. The maximum absolute atomic E-state index is 13.7. The monoisotopic (exact) mass is 228 g/mol. The van der Waals surface area contributed by atoms with Gasteiger partial charge in [-0.25, -0.2) is 4.39 Å². The molecule has 2 rings (SSSR count). The Morgan fingerprint density at radius 3 is 2.81 bits per heavy atom. The van der Waals surface area contributed by atoms with Crippen LogP contribution in [0.4, 0.5) is 4.39 Å². The highest BCUT2D eigenvalue weighted by Gasteiger charge is 2.26. The number of aliphatic hydroxyl groups excluding tert-OH is 1. The summed E-state index contributed by atoms with van der Waals surface area (Å²) in [5.41, 5.74) is 0.164. The van der Waals surface area contributed by atoms with Crippen LogP contribution >= 0.6 is 0 Å². The number of rotatable bonds is 2. The zero-order valence-electron chi connectivity index (χ0n) is 8.86. The minimum absolute atomic E-state index is 0.164. The summed E-state index contributed by atoms with van der Waals surface area (Å²) in [5.74, 6) is -1.10. The molecule has 1 atom stereocenters. The summed E-state index contributed by atoms with van der Waals surface area (Å²) < 4.78 is 24.3. The van der Waals surface area contributed by atoms with E-state index in [1.807, 2.05) is 0 Å². The summed E-state index contributed by atoms with van der Waals surface area (Å²) in [6.45, 7) is 2.12. The van der Waals surface area contributed by atoms with E-state index in [2.05, 4.69) is 0 Å². The van der Waals surface area contributed by atoms with E-state index in [0.717, 1.165) is 0 Å². The standard InChI is InChI=1S/C11H13FO4/c1-6(5-13)9-10(12)7(14)4-8-11(9)16-3-2-15-8/h4,6,13-14H,2-3,5H2,1H3. The van der Waals surface area contributed by atoms with E-state index in [0.29, 0.717) is 19.0 Å². The Bertz CT molecular complexity index is 405. The Balaban J connectivity index is 2.59. The third kappa shape index (κ3) is 1.67. The number of aromatic hydroxyl groups is 1. The van der Waals surface area contributed by atoms with Gasteiger partial charge in [-0.15, -0.1) is 0 Å². The summed E-state index contributed by atoms with van der Waals surface area (Å²) in [6.07, 6.45) is 0. The zero-order valence-corrected chi connectivity index (χ0v) is 8.86. The predicted octanol–water partition coefficient (Wildman–Crippen LogP) is 1.40. The number of hydrogen-bond acceptors (Lipinski definition) is 4. The van der Waals surface area contributed by atoms with Gasteiger partial charge in [-0.3, -0.25) is 0 Å². The van der Waals surface area contributed by atoms with E-state index in [1.165, 1.54) is 6.07 Å². The Labute approximate surface area is 92.2 Å². The number of ether oxygens (including phenoxy) is 2. The van der Waals surface area contributed by atoms with E-state index < -0.39 is 17.5 Å². The predicted molar refractivity (Wildman–Crippen MR) is 54.6 cm³/mol. The summed E-state index contributed by atoms with van der Waals surface area (Å²) >= 11 is 0. The molecule has 0 amide bonds. The van der Waals surface area contributed by atoms with Gasteiger partial charge in [0.25, 0.3) is 0 Å². The van der Waals surface area contributed by atoms with Gasteiger partial charge >= 0.3 is 0 Å². The van der Waals surface area contributed by atoms with Crippen molar-refractivity contribution in [3.05, 3.63) is 17.4 Å². The lowest BCUT2D eigenvalue weighted by atomic mass is 9.99. The average molecular weight is 228 g/mol. The SMILES string of the molecule is CC(CO)c1c(F)c(O)cc2c1OCCO2. The van der Waals surface area contributed by atoms with Gasteiger partial charge in [-0.05, 0) is 0 Å². The van der Waals surface area contributed by atoms with Crippen LogP contribution in [-0.4, -0.2) is 30.0 Å². The van der Waals surface area contributed by atoms with Crippen LogP contribution in [0.5, 0.6) is 17.2 Å². The van der Waals surface area contributed by atoms with Gasteiger partial charge in [0.1, 0.15) is 13.2 Å². The quantitative estimate of drug-likeness (QED) is 0.803. The molecule has 0 radical (unpaired) electrons. The topological polar surface area (TPSA) is 58.9 Å². The first-order valence-electron chi connectivity index (χ1n) is 5.07. The van der Waals surface area contributed by atoms with Crippen LogP contribution in [-0.2, 0) is 0 Å². The molecule has 0 saturated carbocycles. The molecular weight excluding hydrogens is 215 g/mol. The van der Waals surface area contributed by atoms with Crippen molar-refractivity contribution in [2.75, 3.05) is 19.8 Å². The van der Waals surface area contributed by atoms with Gasteiger partial charge in [0.2, 0.25) is 0 Å². The molecule has 0 aliphatic carbocycles. The third-order valence-electron chi connectivity index (χ3n) is 2.55. The number of phenolic OH excluding ortho intramolecular Hbond substituents is 1. The van der Waals surface area contributed by atoms with Gasteiger partial charge in [0.15, 0.2) is 23.1 Å². The molecule has 88 valence electrons. The second-order valence-corrected chi connectivity index (χ2v) is 3.73. The number of aliphatic hydroxyl groups is 1. The highest BCUT2D eigenvalue weighted by Crippen LogP contribution is 2.43. The maximum atomic E-state index is 13.7. The first kappa shape index (κ1) is 11.0. The van der Waals surface area contributed by atoms with E-state index in [-0.39, 0.29) is 17.9 Å². The van der Waals surface area contributed by atoms with Crippen molar-refractivity contribution in [1.29, 1.82) is 0 Å². The molecule has 0 fully saturated rings. The second kappa shape index (κ2) is 4.17. The smallest absolute Gasteiger partial charge is 0.172 e. The molecule has 0 spiro atoms. The van der Waals surface area contributed by atoms with Gasteiger partial charge in [0, 0.05) is 24.2 Å². The lowest BCUT2D eigenvalue weighted by Crippen LogP contribution is -2.18. The minimum Gasteiger partial charge on any atom is -0.505 e. The fraction of sp³-hybridized carbons (Fsp3) is 0.455. The summed E-state index contributed by atoms with van der Waals surface area (Å²) in [7, 11) is 0. The molecule has 1 unspecified atom stereocenters. The number of halogens is 1. The number of hydrogen-bond donors (Lipinski definition) is 2. The molecule has 4 nitrogen and oxygen atoms in total. The molecule has 1 aliphatic rings. The van der Waals surface area contributed by atoms with Crippen LogP contribution in [0.25, 0.3) is 0 Å². The van der Waals surface area contributed by atoms with E-state index in [1.54, 1.807) is 6.92 Å². The first-order valence-corrected chi connectivity index (χ1v) is 5.07. The largest absolute Gasteiger partial charge is 0.505 e. The van der Waals surface area contributed by atoms with Crippen LogP contribution < -0.4 is 9.47 Å². The number of benzene rings is 1. The van der Waals surface area contributed by atoms with Crippen LogP contribution in [0.3, 0.4) is 0 Å². The molecule has 0 saturated heterocycles. The Morgan fingerprint density at radius 2 is 2.12 bits per heavy atom. The summed E-state index contributed by atoms with van der Waals surface area (Å²) in [4.78, 5) is 0. The molecule has 1 aromatic carbocycles. The van der Waals surface area contributed by atoms with Crippen LogP contribution in [0, 0.1) is 5.82 Å². The zero-order chi connectivity index (χ0) is 11.7. The van der Waals surface area contributed by atoms with Crippen molar-refractivity contribution in [1.82, 2.24) is 0 Å². The summed E-state index contributed by atoms with van der Waals surface area (Å²) in [5, 5.41) is 18.5. The van der Waals surface area contributed by atoms with Crippen molar-refractivity contribution in [2.45, 2.75) is 12.8 Å². The molecule has 0 bridgehead atoms. The Hall–Kier alpha value is -1.49. The average Bonchev–Trinajstić information content (AvgIpc) is 2.30. The van der Waals surface area contributed by atoms with E-state index in [9.17, 15) is 9.50 Å². The van der Waals surface area contributed by atoms with Crippen LogP contribution in [0.2, 0.25) is 0 Å². The van der Waals surface area contributed by atoms with Crippen LogP contribution in [0.1, 0.15) is 18.4 Å². The molecule has 16 heavy (non-hydrogen) atoms. The maximum Gasteiger partial charge on any atom is 0.172 e. The first-order chi connectivity index (χ1) is 7.65. The number of phenols is 1. The van der Waals surface area contributed by atoms with Crippen molar-refractivity contribution in [3.63, 3.8) is 0 Å².